The fraction of sp³-hybridized carbons (Fsp3) is 0.0455. The van der Waals surface area contributed by atoms with Gasteiger partial charge in [-0.05, 0) is 54.7 Å². The lowest BCUT2D eigenvalue weighted by Gasteiger charge is -2.11. The second-order valence-electron chi connectivity index (χ2n) is 6.29. The number of nitrogens with zero attached hydrogens (tertiary/aromatic N) is 1. The van der Waals surface area contributed by atoms with Gasteiger partial charge in [0.15, 0.2) is 11.7 Å². The molecule has 0 aliphatic heterocycles. The van der Waals surface area contributed by atoms with Gasteiger partial charge in [0, 0.05) is 11.3 Å². The van der Waals surface area contributed by atoms with Crippen LogP contribution in [0.3, 0.4) is 0 Å². The van der Waals surface area contributed by atoms with E-state index >= 15 is 0 Å². The molecule has 1 aromatic heterocycles. The summed E-state index contributed by atoms with van der Waals surface area (Å²) in [6.45, 7) is -0.136. The van der Waals surface area contributed by atoms with Gasteiger partial charge in [0.1, 0.15) is 10.8 Å². The van der Waals surface area contributed by atoms with Gasteiger partial charge in [-0.2, -0.15) is 0 Å². The number of amides is 1. The zero-order chi connectivity index (χ0) is 20.9. The van der Waals surface area contributed by atoms with E-state index in [1.165, 1.54) is 0 Å². The van der Waals surface area contributed by atoms with Crippen molar-refractivity contribution in [1.82, 2.24) is 10.3 Å². The molecule has 0 bridgehead atoms. The van der Waals surface area contributed by atoms with Crippen LogP contribution >= 0.6 is 35.2 Å². The fourth-order valence-corrected chi connectivity index (χ4v) is 4.31. The molecule has 0 fully saturated rings. The summed E-state index contributed by atoms with van der Waals surface area (Å²) in [6, 6.07) is 22.5. The molecule has 0 unspecified atom stereocenters. The van der Waals surface area contributed by atoms with Gasteiger partial charge >= 0.3 is 0 Å². The molecule has 3 aromatic carbocycles. The average molecular weight is 454 g/mol. The van der Waals surface area contributed by atoms with Crippen LogP contribution in [0, 0.1) is 0 Å². The molecule has 8 heteroatoms. The summed E-state index contributed by atoms with van der Waals surface area (Å²) < 4.78 is 6.51. The van der Waals surface area contributed by atoms with Crippen molar-refractivity contribution in [3.63, 3.8) is 0 Å². The third kappa shape index (κ3) is 4.94. The number of nitrogens with one attached hydrogen (secondary N) is 2. The zero-order valence-electron chi connectivity index (χ0n) is 15.6. The van der Waals surface area contributed by atoms with E-state index in [2.05, 4.69) is 15.6 Å². The van der Waals surface area contributed by atoms with Gasteiger partial charge in [0.2, 0.25) is 0 Å². The summed E-state index contributed by atoms with van der Waals surface area (Å²) in [4.78, 5) is 16.6. The van der Waals surface area contributed by atoms with Crippen molar-refractivity contribution in [2.45, 2.75) is 0 Å². The largest absolute Gasteiger partial charge is 0.484 e. The van der Waals surface area contributed by atoms with Crippen LogP contribution in [0.25, 0.3) is 20.8 Å². The number of halogens is 1. The standard InChI is InChI=1S/C22H16ClN3O2S2/c23-17-12-14(10-11-16(17)21-25-18-8-4-5-9-19(18)30-21)24-22(29)26-20(27)13-28-15-6-2-1-3-7-15/h1-12H,13H2,(H2,24,26,27,29). The third-order valence-electron chi connectivity index (χ3n) is 4.12. The number of thiazole rings is 1. The number of carbonyl (C=O) groups is 1. The van der Waals surface area contributed by atoms with Crippen LogP contribution in [0.4, 0.5) is 5.69 Å². The number of ether oxygens (including phenoxy) is 1. The highest BCUT2D eigenvalue weighted by atomic mass is 35.5. The number of benzene rings is 3. The molecule has 0 aliphatic carbocycles. The first-order valence-corrected chi connectivity index (χ1v) is 10.6. The number of fused-ring (bicyclic) bond motifs is 1. The number of thiocarbonyl (C=S) groups is 1. The van der Waals surface area contributed by atoms with Crippen LogP contribution in [0.15, 0.2) is 72.8 Å². The SMILES string of the molecule is O=C(COc1ccccc1)NC(=S)Nc1ccc(-c2nc3ccccc3s2)c(Cl)c1. The van der Waals surface area contributed by atoms with Crippen LogP contribution < -0.4 is 15.4 Å². The maximum absolute atomic E-state index is 12.0. The molecule has 1 heterocycles. The quantitative estimate of drug-likeness (QED) is 0.390. The van der Waals surface area contributed by atoms with Gasteiger partial charge in [-0.1, -0.05) is 41.9 Å². The second-order valence-corrected chi connectivity index (χ2v) is 8.13. The number of anilines is 1. The lowest BCUT2D eigenvalue weighted by atomic mass is 10.2. The van der Waals surface area contributed by atoms with Crippen molar-refractivity contribution < 1.29 is 9.53 Å². The van der Waals surface area contributed by atoms with Gasteiger partial charge in [0.25, 0.3) is 5.91 Å². The summed E-state index contributed by atoms with van der Waals surface area (Å²) in [5, 5.41) is 7.10. The van der Waals surface area contributed by atoms with E-state index in [1.807, 2.05) is 54.6 Å². The molecule has 0 atom stereocenters. The van der Waals surface area contributed by atoms with Gasteiger partial charge < -0.3 is 10.1 Å². The van der Waals surface area contributed by atoms with Crippen LogP contribution in [0.2, 0.25) is 5.02 Å². The Morgan fingerprint density at radius 3 is 2.60 bits per heavy atom. The first-order chi connectivity index (χ1) is 14.6. The number of para-hydroxylation sites is 2. The maximum atomic E-state index is 12.0. The minimum absolute atomic E-state index is 0.136. The summed E-state index contributed by atoms with van der Waals surface area (Å²) in [7, 11) is 0. The molecule has 0 radical (unpaired) electrons. The van der Waals surface area contributed by atoms with E-state index in [0.717, 1.165) is 20.8 Å². The van der Waals surface area contributed by atoms with E-state index in [-0.39, 0.29) is 17.6 Å². The molecule has 5 nitrogen and oxygen atoms in total. The topological polar surface area (TPSA) is 63.2 Å². The van der Waals surface area contributed by atoms with E-state index in [4.69, 9.17) is 28.6 Å². The maximum Gasteiger partial charge on any atom is 0.264 e. The van der Waals surface area contributed by atoms with Crippen molar-refractivity contribution in [3.05, 3.63) is 77.8 Å². The van der Waals surface area contributed by atoms with Crippen molar-refractivity contribution in [1.29, 1.82) is 0 Å². The number of aromatic nitrogens is 1. The molecule has 4 aromatic rings. The molecule has 0 saturated heterocycles. The fourth-order valence-electron chi connectivity index (χ4n) is 2.74. The normalized spacial score (nSPS) is 10.6. The Labute approximate surface area is 187 Å². The first kappa shape index (κ1) is 20.3. The lowest BCUT2D eigenvalue weighted by Crippen LogP contribution is -2.37. The average Bonchev–Trinajstić information content (AvgIpc) is 3.17. The van der Waals surface area contributed by atoms with E-state index in [1.54, 1.807) is 29.5 Å². The number of carbonyl (C=O) groups excluding carboxylic acids is 1. The molecule has 0 saturated carbocycles. The molecule has 30 heavy (non-hydrogen) atoms. The van der Waals surface area contributed by atoms with Crippen LogP contribution in [-0.2, 0) is 4.79 Å². The predicted molar refractivity (Wildman–Crippen MR) is 126 cm³/mol. The molecule has 0 aliphatic rings. The minimum Gasteiger partial charge on any atom is -0.484 e. The van der Waals surface area contributed by atoms with Crippen molar-refractivity contribution in [3.8, 4) is 16.3 Å². The van der Waals surface area contributed by atoms with E-state index in [9.17, 15) is 4.79 Å². The highest BCUT2D eigenvalue weighted by Crippen LogP contribution is 2.35. The molecule has 150 valence electrons. The Balaban J connectivity index is 1.37. The second kappa shape index (κ2) is 9.21. The monoisotopic (exact) mass is 453 g/mol. The number of rotatable bonds is 5. The van der Waals surface area contributed by atoms with Crippen LogP contribution in [0.1, 0.15) is 0 Å². The Morgan fingerprint density at radius 1 is 1.07 bits per heavy atom. The number of hydrogen-bond donors (Lipinski definition) is 2. The molecule has 1 amide bonds. The summed E-state index contributed by atoms with van der Waals surface area (Å²) in [5.41, 5.74) is 2.45. The van der Waals surface area contributed by atoms with Crippen molar-refractivity contribution >= 4 is 62.1 Å². The van der Waals surface area contributed by atoms with Crippen LogP contribution in [-0.4, -0.2) is 22.6 Å². The van der Waals surface area contributed by atoms with E-state index < -0.39 is 0 Å². The summed E-state index contributed by atoms with van der Waals surface area (Å²) >= 11 is 13.3. The molecular formula is C22H16ClN3O2S2. The smallest absolute Gasteiger partial charge is 0.264 e. The Morgan fingerprint density at radius 2 is 1.83 bits per heavy atom. The molecule has 0 spiro atoms. The molecule has 2 N–H and O–H groups in total. The minimum atomic E-state index is -0.353. The van der Waals surface area contributed by atoms with Gasteiger partial charge in [-0.3, -0.25) is 10.1 Å². The Hall–Kier alpha value is -3.00. The van der Waals surface area contributed by atoms with E-state index in [0.29, 0.717) is 16.5 Å². The number of hydrogen-bond acceptors (Lipinski definition) is 5. The highest BCUT2D eigenvalue weighted by molar-refractivity contribution is 7.80. The summed E-state index contributed by atoms with van der Waals surface area (Å²) in [6.07, 6.45) is 0. The van der Waals surface area contributed by atoms with Crippen molar-refractivity contribution in [2.75, 3.05) is 11.9 Å². The zero-order valence-corrected chi connectivity index (χ0v) is 18.0. The third-order valence-corrected chi connectivity index (χ3v) is 5.70. The molecule has 4 rings (SSSR count). The lowest BCUT2D eigenvalue weighted by molar-refractivity contribution is -0.121. The highest BCUT2D eigenvalue weighted by Gasteiger charge is 2.11. The van der Waals surface area contributed by atoms with Gasteiger partial charge in [-0.25, -0.2) is 4.98 Å². The Kier molecular flexibility index (Phi) is 6.23. The van der Waals surface area contributed by atoms with Crippen molar-refractivity contribution in [2.24, 2.45) is 0 Å². The summed E-state index contributed by atoms with van der Waals surface area (Å²) in [5.74, 6) is 0.261. The molecular weight excluding hydrogens is 438 g/mol. The first-order valence-electron chi connectivity index (χ1n) is 9.03. The van der Waals surface area contributed by atoms with Gasteiger partial charge in [0.05, 0.1) is 15.2 Å². The predicted octanol–water partition coefficient (Wildman–Crippen LogP) is 5.51. The Bertz CT molecular complexity index is 1180. The van der Waals surface area contributed by atoms with Gasteiger partial charge in [-0.15, -0.1) is 11.3 Å². The van der Waals surface area contributed by atoms with Crippen LogP contribution in [0.5, 0.6) is 5.75 Å².